The molecular formula is C21H21ClN2O4. The van der Waals surface area contributed by atoms with Gasteiger partial charge in [-0.25, -0.2) is 0 Å². The van der Waals surface area contributed by atoms with E-state index >= 15 is 0 Å². The minimum atomic E-state index is -0.398. The van der Waals surface area contributed by atoms with E-state index in [0.29, 0.717) is 22.7 Å². The first-order valence-electron chi connectivity index (χ1n) is 9.10. The zero-order chi connectivity index (χ0) is 20.0. The van der Waals surface area contributed by atoms with E-state index in [0.717, 1.165) is 13.0 Å². The molecule has 0 saturated carbocycles. The van der Waals surface area contributed by atoms with Crippen molar-refractivity contribution in [2.45, 2.75) is 18.4 Å². The molecule has 0 bridgehead atoms. The number of likely N-dealkylation sites (tertiary alicyclic amines) is 1. The highest BCUT2D eigenvalue weighted by atomic mass is 35.5. The van der Waals surface area contributed by atoms with Gasteiger partial charge in [0.2, 0.25) is 0 Å². The van der Waals surface area contributed by atoms with E-state index in [4.69, 9.17) is 21.8 Å². The highest BCUT2D eigenvalue weighted by Gasteiger charge is 2.36. The van der Waals surface area contributed by atoms with E-state index in [1.807, 2.05) is 7.05 Å². The number of likely N-dealkylation sites (N-methyl/N-ethyl adjacent to an activating group) is 1. The zero-order valence-corrected chi connectivity index (χ0v) is 16.1. The Kier molecular flexibility index (Phi) is 4.79. The molecule has 0 spiro atoms. The van der Waals surface area contributed by atoms with Crippen LogP contribution in [0, 0.1) is 0 Å². The van der Waals surface area contributed by atoms with Crippen LogP contribution in [0.1, 0.15) is 17.9 Å². The van der Waals surface area contributed by atoms with Gasteiger partial charge >= 0.3 is 0 Å². The lowest BCUT2D eigenvalue weighted by molar-refractivity contribution is 0.301. The Morgan fingerprint density at radius 1 is 1.25 bits per heavy atom. The van der Waals surface area contributed by atoms with Crippen molar-refractivity contribution < 1.29 is 14.6 Å². The Morgan fingerprint density at radius 2 is 2.00 bits per heavy atom. The SMILES string of the molecule is CN1CCC(c2c(O)cc(O)c3c(=O)cc(-c4ccccc4Cl)oc23)C1CN. The molecule has 2 atom stereocenters. The van der Waals surface area contributed by atoms with Crippen molar-refractivity contribution in [2.24, 2.45) is 5.73 Å². The second-order valence-corrected chi connectivity index (χ2v) is 7.57. The average Bonchev–Trinajstić information content (AvgIpc) is 3.01. The highest BCUT2D eigenvalue weighted by Crippen LogP contribution is 2.44. The second kappa shape index (κ2) is 7.13. The quantitative estimate of drug-likeness (QED) is 0.624. The molecule has 146 valence electrons. The summed E-state index contributed by atoms with van der Waals surface area (Å²) in [5.74, 6) is -0.262. The molecule has 1 aromatic heterocycles. The minimum absolute atomic E-state index is 0.00656. The topological polar surface area (TPSA) is 99.9 Å². The summed E-state index contributed by atoms with van der Waals surface area (Å²) in [6, 6.07) is 9.55. The predicted octanol–water partition coefficient (Wildman–Crippen LogP) is 3.27. The fourth-order valence-electron chi connectivity index (χ4n) is 4.16. The molecule has 2 aromatic carbocycles. The molecule has 4 rings (SSSR count). The number of fused-ring (bicyclic) bond motifs is 1. The van der Waals surface area contributed by atoms with Gasteiger partial charge in [-0.3, -0.25) is 4.79 Å². The van der Waals surface area contributed by atoms with Gasteiger partial charge in [-0.2, -0.15) is 0 Å². The number of aromatic hydroxyl groups is 2. The molecule has 0 radical (unpaired) electrons. The fourth-order valence-corrected chi connectivity index (χ4v) is 4.39. The van der Waals surface area contributed by atoms with Gasteiger partial charge < -0.3 is 25.3 Å². The Hall–Kier alpha value is -2.54. The largest absolute Gasteiger partial charge is 0.507 e. The van der Waals surface area contributed by atoms with E-state index in [1.54, 1.807) is 24.3 Å². The Bertz CT molecular complexity index is 1110. The summed E-state index contributed by atoms with van der Waals surface area (Å²) in [5, 5.41) is 21.4. The summed E-state index contributed by atoms with van der Waals surface area (Å²) >= 11 is 6.27. The van der Waals surface area contributed by atoms with Gasteiger partial charge in [0.1, 0.15) is 28.2 Å². The van der Waals surface area contributed by atoms with Crippen LogP contribution in [0.3, 0.4) is 0 Å². The lowest BCUT2D eigenvalue weighted by Crippen LogP contribution is -2.35. The van der Waals surface area contributed by atoms with Crippen molar-refractivity contribution in [1.29, 1.82) is 0 Å². The lowest BCUT2D eigenvalue weighted by Gasteiger charge is -2.25. The first-order chi connectivity index (χ1) is 13.4. The van der Waals surface area contributed by atoms with Gasteiger partial charge in [-0.1, -0.05) is 23.7 Å². The molecule has 1 aliphatic rings. The maximum atomic E-state index is 12.8. The second-order valence-electron chi connectivity index (χ2n) is 7.17. The lowest BCUT2D eigenvalue weighted by atomic mass is 9.89. The van der Waals surface area contributed by atoms with E-state index in [9.17, 15) is 15.0 Å². The summed E-state index contributed by atoms with van der Waals surface area (Å²) in [5.41, 5.74) is 6.81. The number of phenols is 2. The number of nitrogens with zero attached hydrogens (tertiary/aromatic N) is 1. The van der Waals surface area contributed by atoms with Gasteiger partial charge in [-0.05, 0) is 32.1 Å². The fraction of sp³-hybridized carbons (Fsp3) is 0.286. The molecule has 6 nitrogen and oxygen atoms in total. The van der Waals surface area contributed by atoms with Crippen LogP contribution < -0.4 is 11.2 Å². The first kappa shape index (κ1) is 18.8. The van der Waals surface area contributed by atoms with Crippen molar-refractivity contribution in [3.8, 4) is 22.8 Å². The number of hydrogen-bond acceptors (Lipinski definition) is 6. The third-order valence-electron chi connectivity index (χ3n) is 5.57. The van der Waals surface area contributed by atoms with Crippen LogP contribution in [0.25, 0.3) is 22.3 Å². The predicted molar refractivity (Wildman–Crippen MR) is 109 cm³/mol. The van der Waals surface area contributed by atoms with Gasteiger partial charge in [0, 0.05) is 41.8 Å². The van der Waals surface area contributed by atoms with Gasteiger partial charge in [0.15, 0.2) is 5.43 Å². The maximum absolute atomic E-state index is 12.8. The number of nitrogens with two attached hydrogens (primary N) is 1. The van der Waals surface area contributed by atoms with Crippen LogP contribution in [0.4, 0.5) is 0 Å². The molecule has 1 saturated heterocycles. The number of benzene rings is 2. The van der Waals surface area contributed by atoms with Crippen molar-refractivity contribution in [3.63, 3.8) is 0 Å². The van der Waals surface area contributed by atoms with E-state index < -0.39 is 5.43 Å². The van der Waals surface area contributed by atoms with Gasteiger partial charge in [-0.15, -0.1) is 0 Å². The standard InChI is InChI=1S/C21H21ClN2O4/c1-24-7-6-12(14(24)10-23)19-15(25)8-16(26)20-17(27)9-18(28-21(19)20)11-4-2-3-5-13(11)22/h2-5,8-9,12,14,25-26H,6-7,10,23H2,1H3. The molecular weight excluding hydrogens is 380 g/mol. The smallest absolute Gasteiger partial charge is 0.197 e. The van der Waals surface area contributed by atoms with Crippen LogP contribution in [0.15, 0.2) is 45.6 Å². The molecule has 28 heavy (non-hydrogen) atoms. The average molecular weight is 401 g/mol. The third kappa shape index (κ3) is 2.94. The molecule has 0 amide bonds. The normalized spacial score (nSPS) is 20.1. The minimum Gasteiger partial charge on any atom is -0.507 e. The van der Waals surface area contributed by atoms with Crippen LogP contribution >= 0.6 is 11.6 Å². The third-order valence-corrected chi connectivity index (χ3v) is 5.90. The number of hydrogen-bond donors (Lipinski definition) is 3. The van der Waals surface area contributed by atoms with Crippen LogP contribution in [0.5, 0.6) is 11.5 Å². The monoisotopic (exact) mass is 400 g/mol. The molecule has 2 heterocycles. The van der Waals surface area contributed by atoms with E-state index in [-0.39, 0.29) is 40.2 Å². The summed E-state index contributed by atoms with van der Waals surface area (Å²) in [7, 11) is 1.97. The van der Waals surface area contributed by atoms with E-state index in [1.165, 1.54) is 12.1 Å². The first-order valence-corrected chi connectivity index (χ1v) is 9.48. The van der Waals surface area contributed by atoms with E-state index in [2.05, 4.69) is 4.90 Å². The van der Waals surface area contributed by atoms with Crippen molar-refractivity contribution in [3.05, 3.63) is 57.2 Å². The number of rotatable bonds is 3. The van der Waals surface area contributed by atoms with Crippen molar-refractivity contribution >= 4 is 22.6 Å². The highest BCUT2D eigenvalue weighted by molar-refractivity contribution is 6.33. The molecule has 0 aliphatic carbocycles. The molecule has 2 unspecified atom stereocenters. The summed E-state index contributed by atoms with van der Waals surface area (Å²) < 4.78 is 6.08. The van der Waals surface area contributed by atoms with Crippen LogP contribution in [-0.2, 0) is 0 Å². The number of phenolic OH excluding ortho intramolecular Hbond substituents is 2. The Labute approximate surface area is 166 Å². The van der Waals surface area contributed by atoms with Crippen molar-refractivity contribution in [1.82, 2.24) is 4.90 Å². The molecule has 1 aliphatic heterocycles. The van der Waals surface area contributed by atoms with Gasteiger partial charge in [0.25, 0.3) is 0 Å². The Balaban J connectivity index is 2.03. The summed E-state index contributed by atoms with van der Waals surface area (Å²) in [6.45, 7) is 1.21. The van der Waals surface area contributed by atoms with Gasteiger partial charge in [0.05, 0.1) is 5.02 Å². The molecule has 4 N–H and O–H groups in total. The summed E-state index contributed by atoms with van der Waals surface area (Å²) in [4.78, 5) is 14.9. The Morgan fingerprint density at radius 3 is 2.71 bits per heavy atom. The number of halogens is 1. The molecule has 7 heteroatoms. The van der Waals surface area contributed by atoms with Crippen LogP contribution in [-0.4, -0.2) is 41.3 Å². The van der Waals surface area contributed by atoms with Crippen molar-refractivity contribution in [2.75, 3.05) is 20.1 Å². The molecule has 1 fully saturated rings. The zero-order valence-electron chi connectivity index (χ0n) is 15.4. The maximum Gasteiger partial charge on any atom is 0.197 e. The van der Waals surface area contributed by atoms with Crippen LogP contribution in [0.2, 0.25) is 5.02 Å². The summed E-state index contributed by atoms with van der Waals surface area (Å²) in [6.07, 6.45) is 0.756. The molecule has 3 aromatic rings.